The number of nitrogens with two attached hydrogens (primary N) is 1. The number of rotatable bonds is 5. The van der Waals surface area contributed by atoms with E-state index in [9.17, 15) is 4.79 Å². The van der Waals surface area contributed by atoms with Crippen molar-refractivity contribution in [1.29, 1.82) is 0 Å². The standard InChI is InChI=1S/C11H17N3O2/c1-3-14(9-4-6-13-7-5-9)11(15)10(12)8-16-2/h4-7,10H,3,8,12H2,1-2H3. The fourth-order valence-electron chi connectivity index (χ4n) is 1.44. The van der Waals surface area contributed by atoms with Crippen molar-refractivity contribution in [2.24, 2.45) is 5.73 Å². The Morgan fingerprint density at radius 2 is 2.19 bits per heavy atom. The van der Waals surface area contributed by atoms with Crippen molar-refractivity contribution in [3.63, 3.8) is 0 Å². The molecule has 0 saturated heterocycles. The molecule has 1 rings (SSSR count). The molecule has 1 amide bonds. The highest BCUT2D eigenvalue weighted by Crippen LogP contribution is 2.12. The van der Waals surface area contributed by atoms with Gasteiger partial charge in [-0.1, -0.05) is 0 Å². The minimum Gasteiger partial charge on any atom is -0.383 e. The Morgan fingerprint density at radius 3 is 2.69 bits per heavy atom. The van der Waals surface area contributed by atoms with Gasteiger partial charge in [0.05, 0.1) is 6.61 Å². The summed E-state index contributed by atoms with van der Waals surface area (Å²) in [6.07, 6.45) is 3.29. The van der Waals surface area contributed by atoms with Gasteiger partial charge in [0.25, 0.3) is 0 Å². The first-order valence-corrected chi connectivity index (χ1v) is 5.16. The summed E-state index contributed by atoms with van der Waals surface area (Å²) in [6, 6.07) is 2.93. The molecular formula is C11H17N3O2. The van der Waals surface area contributed by atoms with Gasteiger partial charge >= 0.3 is 0 Å². The number of amides is 1. The van der Waals surface area contributed by atoms with Gasteiger partial charge < -0.3 is 15.4 Å². The largest absolute Gasteiger partial charge is 0.383 e. The van der Waals surface area contributed by atoms with Crippen LogP contribution >= 0.6 is 0 Å². The number of hydrogen-bond acceptors (Lipinski definition) is 4. The molecule has 2 N–H and O–H groups in total. The lowest BCUT2D eigenvalue weighted by Gasteiger charge is -2.23. The van der Waals surface area contributed by atoms with Gasteiger partial charge in [0.15, 0.2) is 0 Å². The van der Waals surface area contributed by atoms with Gasteiger partial charge in [-0.3, -0.25) is 9.78 Å². The third-order valence-electron chi connectivity index (χ3n) is 2.22. The van der Waals surface area contributed by atoms with Gasteiger partial charge in [0, 0.05) is 31.7 Å². The molecule has 1 aromatic heterocycles. The highest BCUT2D eigenvalue weighted by Gasteiger charge is 2.20. The first-order chi connectivity index (χ1) is 7.70. The van der Waals surface area contributed by atoms with Crippen LogP contribution in [-0.2, 0) is 9.53 Å². The lowest BCUT2D eigenvalue weighted by Crippen LogP contribution is -2.46. The van der Waals surface area contributed by atoms with Crippen LogP contribution in [0, 0.1) is 0 Å². The Morgan fingerprint density at radius 1 is 1.56 bits per heavy atom. The Hall–Kier alpha value is -1.46. The topological polar surface area (TPSA) is 68.5 Å². The van der Waals surface area contributed by atoms with Crippen molar-refractivity contribution in [2.75, 3.05) is 25.2 Å². The Balaban J connectivity index is 2.79. The van der Waals surface area contributed by atoms with E-state index in [0.29, 0.717) is 6.54 Å². The molecule has 5 nitrogen and oxygen atoms in total. The number of ether oxygens (including phenoxy) is 1. The average Bonchev–Trinajstić information content (AvgIpc) is 2.31. The molecule has 1 atom stereocenters. The summed E-state index contributed by atoms with van der Waals surface area (Å²) < 4.78 is 4.87. The second-order valence-corrected chi connectivity index (χ2v) is 3.35. The second kappa shape index (κ2) is 6.19. The zero-order chi connectivity index (χ0) is 12.0. The average molecular weight is 223 g/mol. The van der Waals surface area contributed by atoms with Gasteiger partial charge in [-0.2, -0.15) is 0 Å². The van der Waals surface area contributed by atoms with E-state index in [0.717, 1.165) is 5.69 Å². The number of likely N-dealkylation sites (N-methyl/N-ethyl adjacent to an activating group) is 1. The molecule has 0 aromatic carbocycles. The fraction of sp³-hybridized carbons (Fsp3) is 0.455. The Bertz CT molecular complexity index is 329. The first kappa shape index (κ1) is 12.6. The van der Waals surface area contributed by atoms with Crippen molar-refractivity contribution >= 4 is 11.6 Å². The summed E-state index contributed by atoms with van der Waals surface area (Å²) in [4.78, 5) is 17.5. The van der Waals surface area contributed by atoms with Gasteiger partial charge in [-0.05, 0) is 19.1 Å². The van der Waals surface area contributed by atoms with E-state index in [1.54, 1.807) is 29.4 Å². The maximum atomic E-state index is 12.0. The highest BCUT2D eigenvalue weighted by molar-refractivity contribution is 5.97. The normalized spacial score (nSPS) is 12.2. The molecule has 5 heteroatoms. The molecule has 0 radical (unpaired) electrons. The van der Waals surface area contributed by atoms with E-state index in [2.05, 4.69) is 4.98 Å². The van der Waals surface area contributed by atoms with Crippen molar-refractivity contribution in [1.82, 2.24) is 4.98 Å². The van der Waals surface area contributed by atoms with E-state index in [-0.39, 0.29) is 12.5 Å². The van der Waals surface area contributed by atoms with Crippen LogP contribution in [0.25, 0.3) is 0 Å². The summed E-state index contributed by atoms with van der Waals surface area (Å²) in [6.45, 7) is 2.69. The van der Waals surface area contributed by atoms with Crippen molar-refractivity contribution in [2.45, 2.75) is 13.0 Å². The van der Waals surface area contributed by atoms with E-state index < -0.39 is 6.04 Å². The van der Waals surface area contributed by atoms with Crippen molar-refractivity contribution < 1.29 is 9.53 Å². The molecule has 16 heavy (non-hydrogen) atoms. The third-order valence-corrected chi connectivity index (χ3v) is 2.22. The minimum absolute atomic E-state index is 0.143. The van der Waals surface area contributed by atoms with Gasteiger partial charge in [-0.25, -0.2) is 0 Å². The molecule has 1 aromatic rings. The molecule has 1 heterocycles. The van der Waals surface area contributed by atoms with Crippen molar-refractivity contribution in [3.05, 3.63) is 24.5 Å². The van der Waals surface area contributed by atoms with Crippen LogP contribution < -0.4 is 10.6 Å². The number of pyridine rings is 1. The molecule has 0 saturated carbocycles. The maximum Gasteiger partial charge on any atom is 0.246 e. The lowest BCUT2D eigenvalue weighted by molar-refractivity contribution is -0.120. The zero-order valence-corrected chi connectivity index (χ0v) is 9.59. The van der Waals surface area contributed by atoms with Crippen LogP contribution in [0.2, 0.25) is 0 Å². The van der Waals surface area contributed by atoms with Crippen molar-refractivity contribution in [3.8, 4) is 0 Å². The van der Waals surface area contributed by atoms with Crippen LogP contribution in [0.3, 0.4) is 0 Å². The van der Waals surface area contributed by atoms with Crippen LogP contribution in [0.4, 0.5) is 5.69 Å². The van der Waals surface area contributed by atoms with Crippen LogP contribution in [0.5, 0.6) is 0 Å². The third kappa shape index (κ3) is 3.01. The fourth-order valence-corrected chi connectivity index (χ4v) is 1.44. The van der Waals surface area contributed by atoms with Crippen LogP contribution in [-0.4, -0.2) is 37.2 Å². The number of anilines is 1. The van der Waals surface area contributed by atoms with E-state index >= 15 is 0 Å². The Labute approximate surface area is 95.2 Å². The van der Waals surface area contributed by atoms with E-state index in [4.69, 9.17) is 10.5 Å². The predicted octanol–water partition coefficient (Wildman–Crippen LogP) is 0.408. The molecule has 0 spiro atoms. The summed E-state index contributed by atoms with van der Waals surface area (Å²) >= 11 is 0. The molecule has 1 unspecified atom stereocenters. The monoisotopic (exact) mass is 223 g/mol. The number of carbonyl (C=O) groups excluding carboxylic acids is 1. The summed E-state index contributed by atoms with van der Waals surface area (Å²) in [5.74, 6) is -0.143. The first-order valence-electron chi connectivity index (χ1n) is 5.16. The van der Waals surface area contributed by atoms with E-state index in [1.807, 2.05) is 6.92 Å². The molecule has 0 aliphatic rings. The smallest absolute Gasteiger partial charge is 0.246 e. The summed E-state index contributed by atoms with van der Waals surface area (Å²) in [5, 5.41) is 0. The van der Waals surface area contributed by atoms with Crippen LogP contribution in [0.1, 0.15) is 6.92 Å². The minimum atomic E-state index is -0.627. The Kier molecular flexibility index (Phi) is 4.88. The summed E-state index contributed by atoms with van der Waals surface area (Å²) in [7, 11) is 1.52. The molecular weight excluding hydrogens is 206 g/mol. The molecule has 0 fully saturated rings. The maximum absolute atomic E-state index is 12.0. The molecule has 0 aliphatic carbocycles. The van der Waals surface area contributed by atoms with Gasteiger partial charge in [-0.15, -0.1) is 0 Å². The molecule has 0 bridgehead atoms. The highest BCUT2D eigenvalue weighted by atomic mass is 16.5. The van der Waals surface area contributed by atoms with Gasteiger partial charge in [0.1, 0.15) is 6.04 Å². The predicted molar refractivity (Wildman–Crippen MR) is 62.1 cm³/mol. The number of nitrogens with zero attached hydrogens (tertiary/aromatic N) is 2. The SMILES string of the molecule is CCN(C(=O)C(N)COC)c1ccncc1. The van der Waals surface area contributed by atoms with E-state index in [1.165, 1.54) is 7.11 Å². The quantitative estimate of drug-likeness (QED) is 0.785. The summed E-state index contributed by atoms with van der Waals surface area (Å²) in [5.41, 5.74) is 6.51. The lowest BCUT2D eigenvalue weighted by atomic mass is 10.2. The zero-order valence-electron chi connectivity index (χ0n) is 9.59. The number of methoxy groups -OCH3 is 1. The number of aromatic nitrogens is 1. The van der Waals surface area contributed by atoms with Crippen LogP contribution in [0.15, 0.2) is 24.5 Å². The second-order valence-electron chi connectivity index (χ2n) is 3.35. The van der Waals surface area contributed by atoms with Gasteiger partial charge in [0.2, 0.25) is 5.91 Å². The molecule has 0 aliphatic heterocycles. The molecule has 88 valence electrons. The number of carbonyl (C=O) groups is 1. The number of hydrogen-bond donors (Lipinski definition) is 1.